The number of nitrogens with zero attached hydrogens (tertiary/aromatic N) is 2. The molecule has 5 heteroatoms. The van der Waals surface area contributed by atoms with E-state index >= 15 is 0 Å². The van der Waals surface area contributed by atoms with E-state index in [0.717, 1.165) is 18.4 Å². The molecule has 0 saturated carbocycles. The predicted molar refractivity (Wildman–Crippen MR) is 95.5 cm³/mol. The lowest BCUT2D eigenvalue weighted by molar-refractivity contribution is -0.129. The number of pyridine rings is 1. The van der Waals surface area contributed by atoms with Crippen LogP contribution in [0.25, 0.3) is 0 Å². The smallest absolute Gasteiger partial charge is 0.298 e. The van der Waals surface area contributed by atoms with Gasteiger partial charge in [-0.15, -0.1) is 0 Å². The first-order chi connectivity index (χ1) is 12.2. The minimum atomic E-state index is -0.238. The summed E-state index contributed by atoms with van der Waals surface area (Å²) in [5.41, 5.74) is 0.803. The molecule has 5 nitrogen and oxygen atoms in total. The number of aromatic nitrogens is 1. The molecule has 1 atom stereocenters. The lowest BCUT2D eigenvalue weighted by Gasteiger charge is -2.30. The van der Waals surface area contributed by atoms with Gasteiger partial charge < -0.3 is 10.2 Å². The number of amides is 2. The molecule has 1 fully saturated rings. The van der Waals surface area contributed by atoms with Crippen LogP contribution >= 0.6 is 0 Å². The molecule has 1 N–H and O–H groups in total. The quantitative estimate of drug-likeness (QED) is 0.858. The van der Waals surface area contributed by atoms with Crippen LogP contribution in [0.3, 0.4) is 0 Å². The van der Waals surface area contributed by atoms with Crippen molar-refractivity contribution in [3.05, 3.63) is 60.3 Å². The van der Waals surface area contributed by atoms with Crippen LogP contribution in [0.5, 0.6) is 0 Å². The summed E-state index contributed by atoms with van der Waals surface area (Å²) in [7, 11) is 0. The van der Waals surface area contributed by atoms with Gasteiger partial charge in [0, 0.05) is 30.8 Å². The number of hydrogen-bond donors (Lipinski definition) is 1. The van der Waals surface area contributed by atoms with Crippen molar-refractivity contribution in [2.45, 2.75) is 12.8 Å². The fraction of sp³-hybridized carbons (Fsp3) is 0.250. The standard InChI is InChI=1S/C20H19N3O2/c24-19(12-11-16-7-2-1-3-8-16)23-14-6-9-17(15-23)20(25)22-18-10-4-5-13-21-18/h1-5,7-8,10,13,17H,6,9,14-15H2,(H,21,22,25). The number of nitrogens with one attached hydrogen (secondary N) is 1. The van der Waals surface area contributed by atoms with Crippen LogP contribution in [0, 0.1) is 17.8 Å². The summed E-state index contributed by atoms with van der Waals surface area (Å²) in [6.07, 6.45) is 3.18. The molecule has 126 valence electrons. The van der Waals surface area contributed by atoms with E-state index in [0.29, 0.717) is 18.9 Å². The van der Waals surface area contributed by atoms with Crippen LogP contribution < -0.4 is 5.32 Å². The van der Waals surface area contributed by atoms with Crippen molar-refractivity contribution in [3.63, 3.8) is 0 Å². The van der Waals surface area contributed by atoms with E-state index in [-0.39, 0.29) is 17.7 Å². The van der Waals surface area contributed by atoms with Gasteiger partial charge in [0.2, 0.25) is 5.91 Å². The van der Waals surface area contributed by atoms with Crippen LogP contribution in [-0.2, 0) is 9.59 Å². The molecule has 1 aliphatic rings. The number of likely N-dealkylation sites (tertiary alicyclic amines) is 1. The van der Waals surface area contributed by atoms with Gasteiger partial charge in [0.05, 0.1) is 5.92 Å². The number of carbonyl (C=O) groups is 2. The van der Waals surface area contributed by atoms with Crippen molar-refractivity contribution in [2.24, 2.45) is 5.92 Å². The molecule has 1 saturated heterocycles. The van der Waals surface area contributed by atoms with E-state index in [1.807, 2.05) is 36.4 Å². The maximum absolute atomic E-state index is 12.4. The minimum Gasteiger partial charge on any atom is -0.331 e. The van der Waals surface area contributed by atoms with Crippen molar-refractivity contribution < 1.29 is 9.59 Å². The van der Waals surface area contributed by atoms with Crippen LogP contribution in [0.4, 0.5) is 5.82 Å². The lowest BCUT2D eigenvalue weighted by Crippen LogP contribution is -2.43. The molecule has 2 aromatic rings. The molecule has 0 bridgehead atoms. The van der Waals surface area contributed by atoms with Crippen LogP contribution in [0.2, 0.25) is 0 Å². The third-order valence-corrected chi connectivity index (χ3v) is 4.08. The van der Waals surface area contributed by atoms with Crippen LogP contribution in [-0.4, -0.2) is 34.8 Å². The molecule has 0 spiro atoms. The second-order valence-electron chi connectivity index (χ2n) is 5.91. The second kappa shape index (κ2) is 8.11. The van der Waals surface area contributed by atoms with E-state index in [1.54, 1.807) is 23.2 Å². The van der Waals surface area contributed by atoms with E-state index < -0.39 is 0 Å². The molecule has 1 unspecified atom stereocenters. The largest absolute Gasteiger partial charge is 0.331 e. The van der Waals surface area contributed by atoms with Gasteiger partial charge in [-0.05, 0) is 37.1 Å². The van der Waals surface area contributed by atoms with E-state index in [9.17, 15) is 9.59 Å². The third-order valence-electron chi connectivity index (χ3n) is 4.08. The Morgan fingerprint density at radius 1 is 1.12 bits per heavy atom. The third kappa shape index (κ3) is 4.67. The van der Waals surface area contributed by atoms with Crippen molar-refractivity contribution in [2.75, 3.05) is 18.4 Å². The number of piperidine rings is 1. The summed E-state index contributed by atoms with van der Waals surface area (Å²) in [6.45, 7) is 1.02. The average molecular weight is 333 g/mol. The molecule has 1 aromatic carbocycles. The SMILES string of the molecule is O=C(Nc1ccccn1)C1CCCN(C(=O)C#Cc2ccccc2)C1. The fourth-order valence-corrected chi connectivity index (χ4v) is 2.77. The zero-order valence-electron chi connectivity index (χ0n) is 13.8. The van der Waals surface area contributed by atoms with Crippen molar-refractivity contribution in [1.82, 2.24) is 9.88 Å². The topological polar surface area (TPSA) is 62.3 Å². The summed E-state index contributed by atoms with van der Waals surface area (Å²) in [6, 6.07) is 14.7. The van der Waals surface area contributed by atoms with E-state index in [4.69, 9.17) is 0 Å². The maximum Gasteiger partial charge on any atom is 0.298 e. The van der Waals surface area contributed by atoms with Gasteiger partial charge >= 0.3 is 0 Å². The number of carbonyl (C=O) groups excluding carboxylic acids is 2. The molecule has 1 aliphatic heterocycles. The first-order valence-corrected chi connectivity index (χ1v) is 8.30. The van der Waals surface area contributed by atoms with Gasteiger partial charge in [-0.25, -0.2) is 4.98 Å². The molecule has 3 rings (SSSR count). The molecule has 2 amide bonds. The Hall–Kier alpha value is -3.13. The zero-order valence-corrected chi connectivity index (χ0v) is 13.8. The highest BCUT2D eigenvalue weighted by molar-refractivity contribution is 5.96. The molecule has 0 aliphatic carbocycles. The summed E-state index contributed by atoms with van der Waals surface area (Å²) < 4.78 is 0. The Bertz CT molecular complexity index is 794. The molecule has 2 heterocycles. The Morgan fingerprint density at radius 3 is 2.68 bits per heavy atom. The van der Waals surface area contributed by atoms with E-state index in [1.165, 1.54) is 0 Å². The summed E-state index contributed by atoms with van der Waals surface area (Å²) in [5, 5.41) is 2.80. The fourth-order valence-electron chi connectivity index (χ4n) is 2.77. The Balaban J connectivity index is 1.60. The van der Waals surface area contributed by atoms with Crippen molar-refractivity contribution >= 4 is 17.6 Å². The van der Waals surface area contributed by atoms with Crippen LogP contribution in [0.15, 0.2) is 54.7 Å². The summed E-state index contributed by atoms with van der Waals surface area (Å²) in [4.78, 5) is 30.4. The van der Waals surface area contributed by atoms with Gasteiger partial charge in [-0.2, -0.15) is 0 Å². The molecule has 0 radical (unpaired) electrons. The Labute approximate surface area is 147 Å². The monoisotopic (exact) mass is 333 g/mol. The Morgan fingerprint density at radius 2 is 1.92 bits per heavy atom. The molecular weight excluding hydrogens is 314 g/mol. The van der Waals surface area contributed by atoms with Crippen LogP contribution in [0.1, 0.15) is 18.4 Å². The molecule has 25 heavy (non-hydrogen) atoms. The highest BCUT2D eigenvalue weighted by Gasteiger charge is 2.28. The highest BCUT2D eigenvalue weighted by atomic mass is 16.2. The van der Waals surface area contributed by atoms with Crippen molar-refractivity contribution in [3.8, 4) is 11.8 Å². The van der Waals surface area contributed by atoms with Gasteiger partial charge in [-0.1, -0.05) is 30.2 Å². The predicted octanol–water partition coefficient (Wildman–Crippen LogP) is 2.31. The number of benzene rings is 1. The first-order valence-electron chi connectivity index (χ1n) is 8.30. The minimum absolute atomic E-state index is 0.104. The number of hydrogen-bond acceptors (Lipinski definition) is 3. The van der Waals surface area contributed by atoms with Gasteiger partial charge in [-0.3, -0.25) is 9.59 Å². The van der Waals surface area contributed by atoms with Gasteiger partial charge in [0.25, 0.3) is 5.91 Å². The maximum atomic E-state index is 12.4. The number of rotatable bonds is 2. The highest BCUT2D eigenvalue weighted by Crippen LogP contribution is 2.18. The van der Waals surface area contributed by atoms with E-state index in [2.05, 4.69) is 22.1 Å². The normalized spacial score (nSPS) is 16.5. The zero-order chi connectivity index (χ0) is 17.5. The first kappa shape index (κ1) is 16.7. The van der Waals surface area contributed by atoms with Gasteiger partial charge in [0.15, 0.2) is 0 Å². The average Bonchev–Trinajstić information content (AvgIpc) is 2.68. The van der Waals surface area contributed by atoms with Crippen molar-refractivity contribution in [1.29, 1.82) is 0 Å². The second-order valence-corrected chi connectivity index (χ2v) is 5.91. The van der Waals surface area contributed by atoms with Gasteiger partial charge in [0.1, 0.15) is 5.82 Å². The Kier molecular flexibility index (Phi) is 5.43. The summed E-state index contributed by atoms with van der Waals surface area (Å²) in [5.74, 6) is 5.49. The molecular formula is C20H19N3O2. The summed E-state index contributed by atoms with van der Waals surface area (Å²) >= 11 is 0. The number of anilines is 1. The lowest BCUT2D eigenvalue weighted by atomic mass is 9.97. The molecule has 1 aromatic heterocycles.